The van der Waals surface area contributed by atoms with Gasteiger partial charge in [-0.3, -0.25) is 4.98 Å². The minimum Gasteiger partial charge on any atom is -0.406 e. The second-order valence-electron chi connectivity index (χ2n) is 8.08. The normalized spacial score (nSPS) is 15.5. The van der Waals surface area contributed by atoms with Crippen molar-refractivity contribution in [3.05, 3.63) is 89.7 Å². The predicted molar refractivity (Wildman–Crippen MR) is 127 cm³/mol. The van der Waals surface area contributed by atoms with Gasteiger partial charge in [0.1, 0.15) is 5.75 Å². The molecule has 1 aliphatic rings. The summed E-state index contributed by atoms with van der Waals surface area (Å²) in [6, 6.07) is 16.7. The first-order chi connectivity index (χ1) is 17.7. The minimum atomic E-state index is -4.86. The van der Waals surface area contributed by atoms with E-state index in [9.17, 15) is 26.9 Å². The number of alkyl halides is 3. The van der Waals surface area contributed by atoms with Gasteiger partial charge in [-0.15, -0.1) is 13.2 Å². The van der Waals surface area contributed by atoms with Gasteiger partial charge in [0.15, 0.2) is 6.10 Å². The van der Waals surface area contributed by atoms with Crippen LogP contribution in [0.5, 0.6) is 5.75 Å². The number of aromatic nitrogens is 1. The Hall–Kier alpha value is -3.95. The first kappa shape index (κ1) is 26.1. The molecule has 2 heterocycles. The van der Waals surface area contributed by atoms with Crippen LogP contribution in [0.1, 0.15) is 35.6 Å². The number of oxime groups is 1. The van der Waals surface area contributed by atoms with Gasteiger partial charge < -0.3 is 9.57 Å². The number of piperidine rings is 1. The van der Waals surface area contributed by atoms with Gasteiger partial charge in [-0.05, 0) is 48.5 Å². The summed E-state index contributed by atoms with van der Waals surface area (Å²) in [6.45, 7) is 0.268. The quantitative estimate of drug-likeness (QED) is 0.407. The lowest BCUT2D eigenvalue weighted by Gasteiger charge is -2.27. The standard InChI is InChI=1S/C25H21F3N4O4S/c26-25(27,28)35-22-4-6-23(7-5-22)37(33,34)32-14-10-21(11-15-32)31-36-24(19-8-12-30-13-9-19)20-3-1-2-18(16-20)17-29/h1-9,12-13,16,24H,10-11,14-15H2. The van der Waals surface area contributed by atoms with Crippen LogP contribution < -0.4 is 4.74 Å². The molecule has 1 aromatic heterocycles. The Morgan fingerprint density at radius 3 is 2.30 bits per heavy atom. The largest absolute Gasteiger partial charge is 0.573 e. The number of nitriles is 1. The van der Waals surface area contributed by atoms with Crippen molar-refractivity contribution < 1.29 is 31.2 Å². The van der Waals surface area contributed by atoms with Gasteiger partial charge in [0.25, 0.3) is 0 Å². The molecular weight excluding hydrogens is 509 g/mol. The number of ether oxygens (including phenoxy) is 1. The molecule has 0 spiro atoms. The summed E-state index contributed by atoms with van der Waals surface area (Å²) in [6.07, 6.45) is -1.58. The molecule has 1 saturated heterocycles. The fourth-order valence-corrected chi connectivity index (χ4v) is 5.23. The first-order valence-corrected chi connectivity index (χ1v) is 12.6. The van der Waals surface area contributed by atoms with E-state index in [1.54, 1.807) is 42.7 Å². The van der Waals surface area contributed by atoms with Crippen molar-refractivity contribution in [1.29, 1.82) is 5.26 Å². The van der Waals surface area contributed by atoms with Gasteiger partial charge in [0, 0.05) is 49.5 Å². The summed E-state index contributed by atoms with van der Waals surface area (Å²) in [4.78, 5) is 9.78. The summed E-state index contributed by atoms with van der Waals surface area (Å²) in [5, 5.41) is 13.5. The fraction of sp³-hybridized carbons (Fsp3) is 0.240. The molecular formula is C25H21F3N4O4S. The SMILES string of the molecule is N#Cc1cccc(C(ON=C2CCN(S(=O)(=O)c3ccc(OC(F)(F)F)cc3)CC2)c2ccncc2)c1. The van der Waals surface area contributed by atoms with Crippen molar-refractivity contribution in [3.63, 3.8) is 0 Å². The lowest BCUT2D eigenvalue weighted by atomic mass is 10.0. The van der Waals surface area contributed by atoms with Crippen LogP contribution in [0, 0.1) is 11.3 Å². The van der Waals surface area contributed by atoms with Gasteiger partial charge in [-0.1, -0.05) is 17.3 Å². The number of pyridine rings is 1. The van der Waals surface area contributed by atoms with E-state index in [0.717, 1.165) is 35.4 Å². The first-order valence-electron chi connectivity index (χ1n) is 11.1. The van der Waals surface area contributed by atoms with E-state index in [0.29, 0.717) is 24.1 Å². The number of halogens is 3. The van der Waals surface area contributed by atoms with Crippen LogP contribution in [0.3, 0.4) is 0 Å². The highest BCUT2D eigenvalue weighted by molar-refractivity contribution is 7.89. The van der Waals surface area contributed by atoms with E-state index in [1.807, 2.05) is 6.07 Å². The van der Waals surface area contributed by atoms with Gasteiger partial charge in [0.05, 0.1) is 22.2 Å². The molecule has 0 aliphatic carbocycles. The maximum atomic E-state index is 12.9. The molecule has 3 aromatic rings. The molecule has 12 heteroatoms. The van der Waals surface area contributed by atoms with Crippen LogP contribution in [0.4, 0.5) is 13.2 Å². The molecule has 0 radical (unpaired) electrons. The van der Waals surface area contributed by atoms with E-state index in [1.165, 1.54) is 4.31 Å². The van der Waals surface area contributed by atoms with Crippen molar-refractivity contribution in [2.45, 2.75) is 30.2 Å². The zero-order chi connectivity index (χ0) is 26.5. The summed E-state index contributed by atoms with van der Waals surface area (Å²) in [5.41, 5.74) is 2.65. The summed E-state index contributed by atoms with van der Waals surface area (Å²) in [5.74, 6) is -0.499. The summed E-state index contributed by atoms with van der Waals surface area (Å²) >= 11 is 0. The zero-order valence-electron chi connectivity index (χ0n) is 19.3. The number of benzene rings is 2. The highest BCUT2D eigenvalue weighted by atomic mass is 32.2. The van der Waals surface area contributed by atoms with Gasteiger partial charge in [0.2, 0.25) is 10.0 Å². The van der Waals surface area contributed by atoms with Gasteiger partial charge >= 0.3 is 6.36 Å². The van der Waals surface area contributed by atoms with Crippen LogP contribution in [-0.2, 0) is 14.9 Å². The molecule has 1 atom stereocenters. The molecule has 0 N–H and O–H groups in total. The van der Waals surface area contributed by atoms with E-state index < -0.39 is 28.2 Å². The second kappa shape index (κ2) is 11.0. The minimum absolute atomic E-state index is 0.131. The molecule has 37 heavy (non-hydrogen) atoms. The van der Waals surface area contributed by atoms with Crippen molar-refractivity contribution in [3.8, 4) is 11.8 Å². The lowest BCUT2D eigenvalue weighted by molar-refractivity contribution is -0.274. The van der Waals surface area contributed by atoms with Crippen molar-refractivity contribution in [1.82, 2.24) is 9.29 Å². The predicted octanol–water partition coefficient (Wildman–Crippen LogP) is 4.80. The van der Waals surface area contributed by atoms with Gasteiger partial charge in [-0.2, -0.15) is 9.57 Å². The maximum Gasteiger partial charge on any atom is 0.573 e. The Morgan fingerprint density at radius 1 is 1.00 bits per heavy atom. The lowest BCUT2D eigenvalue weighted by Crippen LogP contribution is -2.38. The molecule has 0 amide bonds. The van der Waals surface area contributed by atoms with Gasteiger partial charge in [-0.25, -0.2) is 8.42 Å². The average Bonchev–Trinajstić information content (AvgIpc) is 2.89. The molecule has 4 rings (SSSR count). The smallest absolute Gasteiger partial charge is 0.406 e. The number of hydrogen-bond acceptors (Lipinski definition) is 7. The molecule has 1 aliphatic heterocycles. The summed E-state index contributed by atoms with van der Waals surface area (Å²) in [7, 11) is -3.91. The average molecular weight is 531 g/mol. The number of rotatable bonds is 7. The molecule has 1 unspecified atom stereocenters. The number of nitrogens with zero attached hydrogens (tertiary/aromatic N) is 4. The van der Waals surface area contributed by atoms with E-state index in [-0.39, 0.29) is 18.0 Å². The maximum absolute atomic E-state index is 12.9. The van der Waals surface area contributed by atoms with Crippen LogP contribution in [0.2, 0.25) is 0 Å². The van der Waals surface area contributed by atoms with E-state index in [4.69, 9.17) is 4.84 Å². The van der Waals surface area contributed by atoms with Crippen molar-refractivity contribution in [2.24, 2.45) is 5.16 Å². The Bertz CT molecular complexity index is 1400. The number of sulfonamides is 1. The second-order valence-corrected chi connectivity index (χ2v) is 10.0. The number of hydrogen-bond donors (Lipinski definition) is 0. The molecule has 0 saturated carbocycles. The van der Waals surface area contributed by atoms with Crippen molar-refractivity contribution >= 4 is 15.7 Å². The summed E-state index contributed by atoms with van der Waals surface area (Å²) < 4.78 is 68.0. The molecule has 2 aromatic carbocycles. The third-order valence-corrected chi connectivity index (χ3v) is 7.52. The Morgan fingerprint density at radius 2 is 1.68 bits per heavy atom. The Balaban J connectivity index is 1.44. The fourth-order valence-electron chi connectivity index (χ4n) is 3.79. The van der Waals surface area contributed by atoms with Crippen LogP contribution in [-0.4, -0.2) is 42.9 Å². The monoisotopic (exact) mass is 530 g/mol. The van der Waals surface area contributed by atoms with Crippen molar-refractivity contribution in [2.75, 3.05) is 13.1 Å². The van der Waals surface area contributed by atoms with E-state index >= 15 is 0 Å². The third kappa shape index (κ3) is 6.63. The highest BCUT2D eigenvalue weighted by Gasteiger charge is 2.32. The van der Waals surface area contributed by atoms with Crippen LogP contribution in [0.15, 0.2) is 83.1 Å². The molecule has 1 fully saturated rings. The highest BCUT2D eigenvalue weighted by Crippen LogP contribution is 2.28. The van der Waals surface area contributed by atoms with Crippen LogP contribution in [0.25, 0.3) is 0 Å². The Labute approximate surface area is 211 Å². The molecule has 8 nitrogen and oxygen atoms in total. The molecule has 0 bridgehead atoms. The molecule has 192 valence electrons. The third-order valence-electron chi connectivity index (χ3n) is 5.61. The van der Waals surface area contributed by atoms with E-state index in [2.05, 4.69) is 20.9 Å². The zero-order valence-corrected chi connectivity index (χ0v) is 20.1. The topological polar surface area (TPSA) is 105 Å². The Kier molecular flexibility index (Phi) is 7.75. The van der Waals surface area contributed by atoms with Crippen LogP contribution >= 0.6 is 0 Å².